The van der Waals surface area contributed by atoms with Crippen LogP contribution in [0.3, 0.4) is 0 Å². The monoisotopic (exact) mass is 364 g/mol. The fourth-order valence-electron chi connectivity index (χ4n) is 3.23. The topological polar surface area (TPSA) is 85.7 Å². The van der Waals surface area contributed by atoms with Crippen molar-refractivity contribution in [3.05, 3.63) is 65.9 Å². The van der Waals surface area contributed by atoms with E-state index in [9.17, 15) is 5.11 Å². The summed E-state index contributed by atoms with van der Waals surface area (Å²) < 4.78 is 5.62. The van der Waals surface area contributed by atoms with Crippen LogP contribution in [0.25, 0.3) is 10.9 Å². The average molecular weight is 364 g/mol. The number of para-hydroxylation sites is 2. The second-order valence-electron chi connectivity index (χ2n) is 7.54. The predicted octanol–water partition coefficient (Wildman–Crippen LogP) is 2.36. The lowest BCUT2D eigenvalue weighted by molar-refractivity contribution is -0.725. The molecule has 27 heavy (non-hydrogen) atoms. The molecule has 0 spiro atoms. The van der Waals surface area contributed by atoms with E-state index in [0.717, 1.165) is 11.9 Å². The van der Waals surface area contributed by atoms with Crippen molar-refractivity contribution in [1.82, 2.24) is 4.98 Å². The van der Waals surface area contributed by atoms with Gasteiger partial charge in [0.15, 0.2) is 0 Å². The quantitative estimate of drug-likeness (QED) is 0.574. The molecule has 0 aliphatic rings. The molecule has 5 nitrogen and oxygen atoms in total. The highest BCUT2D eigenvalue weighted by molar-refractivity contribution is 5.83. The Morgan fingerprint density at radius 2 is 1.93 bits per heavy atom. The first-order valence-electron chi connectivity index (χ1n) is 9.18. The van der Waals surface area contributed by atoms with Crippen molar-refractivity contribution >= 4 is 10.9 Å². The fraction of sp³-hybridized carbons (Fsp3) is 0.318. The van der Waals surface area contributed by atoms with Crippen molar-refractivity contribution in [2.75, 3.05) is 13.2 Å². The molecule has 4 N–H and O–H groups in total. The molecule has 3 aromatic rings. The number of fused-ring (bicyclic) bond motifs is 1. The summed E-state index contributed by atoms with van der Waals surface area (Å²) in [6, 6.07) is 17.5. The number of quaternary nitrogens is 1. The van der Waals surface area contributed by atoms with Gasteiger partial charge in [0.25, 0.3) is 0 Å². The van der Waals surface area contributed by atoms with E-state index in [0.29, 0.717) is 17.9 Å². The molecule has 0 saturated carbocycles. The summed E-state index contributed by atoms with van der Waals surface area (Å²) in [5.41, 5.74) is 2.85. The molecule has 5 heteroatoms. The number of aliphatic hydroxyl groups excluding tert-OH is 1. The molecule has 140 valence electrons. The number of rotatable bonds is 8. The van der Waals surface area contributed by atoms with Gasteiger partial charge in [-0.15, -0.1) is 0 Å². The van der Waals surface area contributed by atoms with Crippen molar-refractivity contribution in [3.8, 4) is 11.8 Å². The maximum Gasteiger partial charge on any atom is 0.137 e. The number of nitrogens with one attached hydrogen (secondary N) is 1. The minimum absolute atomic E-state index is 0.0590. The maximum absolute atomic E-state index is 10.3. The van der Waals surface area contributed by atoms with Crippen LogP contribution < -0.4 is 10.1 Å². The summed E-state index contributed by atoms with van der Waals surface area (Å²) in [4.78, 5) is 3.32. The number of ether oxygens (including phenoxy) is 1. The fourth-order valence-corrected chi connectivity index (χ4v) is 3.23. The lowest BCUT2D eigenvalue weighted by Gasteiger charge is -2.24. The van der Waals surface area contributed by atoms with Gasteiger partial charge in [-0.25, -0.2) is 0 Å². The Morgan fingerprint density at radius 3 is 2.74 bits per heavy atom. The standard InChI is InChI=1S/C22H25N3O2/c1-22(2,11-17-13-24-20-9-5-4-8-19(17)20)25-14-18(26)15-27-21-10-6-3-7-16(21)12-23/h3-10,13,18,24-26H,11,14-15H2,1-2H3/p+1/t18-/m1/s1. The third-order valence-corrected chi connectivity index (χ3v) is 4.70. The minimum Gasteiger partial charge on any atom is -0.489 e. The van der Waals surface area contributed by atoms with Gasteiger partial charge in [0, 0.05) is 23.5 Å². The van der Waals surface area contributed by atoms with Gasteiger partial charge in [-0.2, -0.15) is 5.26 Å². The highest BCUT2D eigenvalue weighted by atomic mass is 16.5. The Hall–Kier alpha value is -2.81. The van der Waals surface area contributed by atoms with E-state index in [1.54, 1.807) is 18.2 Å². The minimum atomic E-state index is -0.612. The molecule has 3 rings (SSSR count). The summed E-state index contributed by atoms with van der Waals surface area (Å²) in [6.07, 6.45) is 2.35. The lowest BCUT2D eigenvalue weighted by atomic mass is 9.94. The van der Waals surface area contributed by atoms with Crippen LogP contribution in [0.2, 0.25) is 0 Å². The number of hydrogen-bond acceptors (Lipinski definition) is 3. The zero-order valence-corrected chi connectivity index (χ0v) is 15.8. The van der Waals surface area contributed by atoms with Gasteiger partial charge in [0.05, 0.1) is 11.1 Å². The molecule has 2 aromatic carbocycles. The van der Waals surface area contributed by atoms with Gasteiger partial charge in [0.1, 0.15) is 31.1 Å². The van der Waals surface area contributed by atoms with E-state index in [1.165, 1.54) is 10.9 Å². The Kier molecular flexibility index (Phi) is 5.80. The first-order chi connectivity index (χ1) is 13.0. The number of nitrogens with two attached hydrogens (primary N) is 1. The third-order valence-electron chi connectivity index (χ3n) is 4.70. The Bertz CT molecular complexity index is 940. The van der Waals surface area contributed by atoms with E-state index in [-0.39, 0.29) is 12.1 Å². The number of benzene rings is 2. The Labute approximate surface area is 159 Å². The van der Waals surface area contributed by atoms with Crippen molar-refractivity contribution in [2.24, 2.45) is 0 Å². The van der Waals surface area contributed by atoms with Crippen molar-refractivity contribution < 1.29 is 15.2 Å². The maximum atomic E-state index is 10.3. The number of aromatic amines is 1. The zero-order valence-electron chi connectivity index (χ0n) is 15.8. The van der Waals surface area contributed by atoms with Gasteiger partial charge < -0.3 is 20.1 Å². The van der Waals surface area contributed by atoms with Crippen LogP contribution in [0.5, 0.6) is 5.75 Å². The summed E-state index contributed by atoms with van der Waals surface area (Å²) in [6.45, 7) is 5.04. The second kappa shape index (κ2) is 8.26. The van der Waals surface area contributed by atoms with Crippen LogP contribution >= 0.6 is 0 Å². The van der Waals surface area contributed by atoms with Crippen LogP contribution in [0, 0.1) is 11.3 Å². The highest BCUT2D eigenvalue weighted by Crippen LogP contribution is 2.21. The second-order valence-corrected chi connectivity index (χ2v) is 7.54. The number of H-pyrrole nitrogens is 1. The molecule has 0 bridgehead atoms. The van der Waals surface area contributed by atoms with Crippen LogP contribution in [-0.2, 0) is 6.42 Å². The number of nitrogens with zero attached hydrogens (tertiary/aromatic N) is 1. The highest BCUT2D eigenvalue weighted by Gasteiger charge is 2.25. The van der Waals surface area contributed by atoms with Crippen molar-refractivity contribution in [3.63, 3.8) is 0 Å². The molecule has 1 heterocycles. The average Bonchev–Trinajstić information content (AvgIpc) is 3.07. The third kappa shape index (κ3) is 4.88. The van der Waals surface area contributed by atoms with E-state index in [4.69, 9.17) is 10.00 Å². The van der Waals surface area contributed by atoms with Crippen molar-refractivity contribution in [2.45, 2.75) is 31.9 Å². The Balaban J connectivity index is 1.53. The van der Waals surface area contributed by atoms with Gasteiger partial charge >= 0.3 is 0 Å². The number of nitriles is 1. The van der Waals surface area contributed by atoms with Crippen LogP contribution in [0.4, 0.5) is 0 Å². The van der Waals surface area contributed by atoms with E-state index in [2.05, 4.69) is 54.6 Å². The molecular formula is C22H26N3O2+. The largest absolute Gasteiger partial charge is 0.489 e. The molecule has 0 aliphatic heterocycles. The lowest BCUT2D eigenvalue weighted by Crippen LogP contribution is -2.97. The summed E-state index contributed by atoms with van der Waals surface area (Å²) >= 11 is 0. The van der Waals surface area contributed by atoms with E-state index < -0.39 is 6.10 Å². The molecule has 1 aromatic heterocycles. The zero-order chi connectivity index (χ0) is 19.3. The van der Waals surface area contributed by atoms with Gasteiger partial charge in [-0.05, 0) is 37.6 Å². The molecule has 0 unspecified atom stereocenters. The predicted molar refractivity (Wildman–Crippen MR) is 106 cm³/mol. The summed E-state index contributed by atoms with van der Waals surface area (Å²) in [5, 5.41) is 22.8. The Morgan fingerprint density at radius 1 is 1.19 bits per heavy atom. The normalized spacial score (nSPS) is 12.7. The summed E-state index contributed by atoms with van der Waals surface area (Å²) in [5.74, 6) is 0.511. The van der Waals surface area contributed by atoms with Gasteiger partial charge in [-0.1, -0.05) is 30.3 Å². The number of hydrogen-bond donors (Lipinski definition) is 3. The molecule has 0 saturated heterocycles. The molecule has 1 atom stereocenters. The molecule has 0 radical (unpaired) electrons. The smallest absolute Gasteiger partial charge is 0.137 e. The van der Waals surface area contributed by atoms with Crippen LogP contribution in [0.1, 0.15) is 25.0 Å². The van der Waals surface area contributed by atoms with Crippen LogP contribution in [0.15, 0.2) is 54.7 Å². The number of aromatic nitrogens is 1. The molecule has 0 fully saturated rings. The van der Waals surface area contributed by atoms with Crippen LogP contribution in [-0.4, -0.2) is 34.9 Å². The van der Waals surface area contributed by atoms with E-state index in [1.807, 2.05) is 12.1 Å². The first-order valence-corrected chi connectivity index (χ1v) is 9.18. The van der Waals surface area contributed by atoms with Gasteiger partial charge in [-0.3, -0.25) is 0 Å². The van der Waals surface area contributed by atoms with E-state index >= 15 is 0 Å². The SMILES string of the molecule is CC(C)(Cc1c[nH]c2ccccc12)[NH2+]C[C@@H](O)COc1ccccc1C#N. The number of aliphatic hydroxyl groups is 1. The molecular weight excluding hydrogens is 338 g/mol. The molecule has 0 aliphatic carbocycles. The first kappa shape index (κ1) is 19.0. The molecule has 0 amide bonds. The van der Waals surface area contributed by atoms with Crippen molar-refractivity contribution in [1.29, 1.82) is 5.26 Å². The summed E-state index contributed by atoms with van der Waals surface area (Å²) in [7, 11) is 0. The van der Waals surface area contributed by atoms with Gasteiger partial charge in [0.2, 0.25) is 0 Å².